The Bertz CT molecular complexity index is 618. The molecular formula is C19H29N3O5. The van der Waals surface area contributed by atoms with Gasteiger partial charge in [0.2, 0.25) is 5.91 Å². The van der Waals surface area contributed by atoms with Crippen LogP contribution in [0, 0.1) is 5.92 Å². The van der Waals surface area contributed by atoms with Crippen LogP contribution < -0.4 is 16.2 Å². The Hall–Kier alpha value is -2.29. The van der Waals surface area contributed by atoms with E-state index in [9.17, 15) is 19.5 Å². The summed E-state index contributed by atoms with van der Waals surface area (Å²) in [6.07, 6.45) is 1.30. The molecule has 1 aromatic rings. The van der Waals surface area contributed by atoms with Gasteiger partial charge < -0.3 is 20.3 Å². The summed E-state index contributed by atoms with van der Waals surface area (Å²) in [5, 5.41) is 21.2. The second-order valence-corrected chi connectivity index (χ2v) is 6.94. The number of aromatic hydroxyl groups is 1. The standard InChI is InChI=1S/C19H29N3O5/c1-12(2)8-17(13(3)25)20-19(27)18(22-21-15(10-23)11-24)9-14-4-6-16(26)7-5-14/h4-7,10,12,15,17-18,21-22,24,26H,8-9,11H2,1-3H3,(H,20,27)/t15-,17+,18+/m1/s1. The number of hydrogen-bond acceptors (Lipinski definition) is 7. The van der Waals surface area contributed by atoms with Crippen molar-refractivity contribution in [2.45, 2.75) is 51.7 Å². The maximum absolute atomic E-state index is 12.7. The molecule has 0 radical (unpaired) electrons. The highest BCUT2D eigenvalue weighted by atomic mass is 16.3. The minimum absolute atomic E-state index is 0.112. The molecule has 0 aliphatic heterocycles. The van der Waals surface area contributed by atoms with E-state index in [2.05, 4.69) is 16.2 Å². The molecule has 1 amide bonds. The van der Waals surface area contributed by atoms with Gasteiger partial charge >= 0.3 is 0 Å². The van der Waals surface area contributed by atoms with Crippen molar-refractivity contribution in [1.29, 1.82) is 0 Å². The van der Waals surface area contributed by atoms with Crippen LogP contribution in [0.3, 0.4) is 0 Å². The molecule has 0 saturated carbocycles. The molecule has 27 heavy (non-hydrogen) atoms. The van der Waals surface area contributed by atoms with Gasteiger partial charge in [-0.1, -0.05) is 26.0 Å². The number of Topliss-reactive ketones (excluding diaryl/α,β-unsaturated/α-hetero) is 1. The van der Waals surface area contributed by atoms with Gasteiger partial charge in [-0.15, -0.1) is 0 Å². The number of aliphatic hydroxyl groups excluding tert-OH is 1. The highest BCUT2D eigenvalue weighted by Gasteiger charge is 2.25. The van der Waals surface area contributed by atoms with E-state index < -0.39 is 30.6 Å². The summed E-state index contributed by atoms with van der Waals surface area (Å²) in [4.78, 5) is 35.4. The molecule has 1 rings (SSSR count). The van der Waals surface area contributed by atoms with E-state index in [4.69, 9.17) is 5.11 Å². The Morgan fingerprint density at radius 1 is 1.11 bits per heavy atom. The molecule has 0 fully saturated rings. The predicted octanol–water partition coefficient (Wildman–Crippen LogP) is 0.0772. The smallest absolute Gasteiger partial charge is 0.239 e. The topological polar surface area (TPSA) is 128 Å². The summed E-state index contributed by atoms with van der Waals surface area (Å²) in [5.41, 5.74) is 6.14. The molecule has 0 bridgehead atoms. The van der Waals surface area contributed by atoms with Crippen molar-refractivity contribution in [2.75, 3.05) is 6.61 Å². The number of benzene rings is 1. The zero-order valence-corrected chi connectivity index (χ0v) is 15.9. The first kappa shape index (κ1) is 22.8. The summed E-state index contributed by atoms with van der Waals surface area (Å²) in [7, 11) is 0. The Kier molecular flexibility index (Phi) is 9.63. The van der Waals surface area contributed by atoms with Gasteiger partial charge in [0.15, 0.2) is 5.78 Å². The summed E-state index contributed by atoms with van der Waals surface area (Å²) >= 11 is 0. The Labute approximate surface area is 159 Å². The summed E-state index contributed by atoms with van der Waals surface area (Å²) in [6, 6.07) is 4.13. The fraction of sp³-hybridized carbons (Fsp3) is 0.526. The van der Waals surface area contributed by atoms with Crippen LogP contribution in [0.25, 0.3) is 0 Å². The molecule has 0 heterocycles. The van der Waals surface area contributed by atoms with Crippen molar-refractivity contribution in [3.63, 3.8) is 0 Å². The van der Waals surface area contributed by atoms with Gasteiger partial charge in [-0.25, -0.2) is 10.9 Å². The quantitative estimate of drug-likeness (QED) is 0.257. The monoisotopic (exact) mass is 379 g/mol. The Balaban J connectivity index is 2.89. The fourth-order valence-electron chi connectivity index (χ4n) is 2.48. The van der Waals surface area contributed by atoms with Gasteiger partial charge in [0, 0.05) is 0 Å². The SMILES string of the molecule is CC(=O)[C@H](CC(C)C)NC(=O)[C@H](Cc1ccc(O)cc1)NN[C@H](C=O)CO. The first-order valence-electron chi connectivity index (χ1n) is 8.92. The second-order valence-electron chi connectivity index (χ2n) is 6.94. The zero-order chi connectivity index (χ0) is 20.4. The number of carbonyl (C=O) groups excluding carboxylic acids is 3. The molecule has 0 aromatic heterocycles. The lowest BCUT2D eigenvalue weighted by molar-refractivity contribution is -0.128. The number of phenolic OH excluding ortho intramolecular Hbond substituents is 1. The lowest BCUT2D eigenvalue weighted by atomic mass is 9.99. The molecule has 0 saturated heterocycles. The third kappa shape index (κ3) is 8.29. The van der Waals surface area contributed by atoms with Crippen LogP contribution in [0.4, 0.5) is 0 Å². The number of nitrogens with one attached hydrogen (secondary N) is 3. The van der Waals surface area contributed by atoms with Crippen LogP contribution in [-0.4, -0.2) is 52.9 Å². The number of phenols is 1. The third-order valence-corrected chi connectivity index (χ3v) is 4.01. The lowest BCUT2D eigenvalue weighted by Gasteiger charge is -2.24. The van der Waals surface area contributed by atoms with Crippen LogP contribution in [0.15, 0.2) is 24.3 Å². The van der Waals surface area contributed by atoms with Gasteiger partial charge in [0.05, 0.1) is 18.7 Å². The van der Waals surface area contributed by atoms with E-state index >= 15 is 0 Å². The minimum atomic E-state index is -0.862. The van der Waals surface area contributed by atoms with Crippen LogP contribution >= 0.6 is 0 Å². The van der Waals surface area contributed by atoms with Crippen molar-refractivity contribution >= 4 is 18.0 Å². The maximum Gasteiger partial charge on any atom is 0.239 e. The van der Waals surface area contributed by atoms with E-state index in [1.54, 1.807) is 12.1 Å². The minimum Gasteiger partial charge on any atom is -0.508 e. The van der Waals surface area contributed by atoms with E-state index in [1.165, 1.54) is 19.1 Å². The Morgan fingerprint density at radius 3 is 2.22 bits per heavy atom. The van der Waals surface area contributed by atoms with E-state index in [1.807, 2.05) is 13.8 Å². The van der Waals surface area contributed by atoms with Crippen molar-refractivity contribution in [3.05, 3.63) is 29.8 Å². The molecule has 3 atom stereocenters. The Morgan fingerprint density at radius 2 is 1.74 bits per heavy atom. The second kappa shape index (κ2) is 11.4. The number of hydrogen-bond donors (Lipinski definition) is 5. The molecular weight excluding hydrogens is 350 g/mol. The molecule has 0 aliphatic rings. The van der Waals surface area contributed by atoms with Gasteiger partial charge in [-0.05, 0) is 43.4 Å². The average molecular weight is 379 g/mol. The molecule has 0 aliphatic carbocycles. The molecule has 150 valence electrons. The van der Waals surface area contributed by atoms with Crippen molar-refractivity contribution in [1.82, 2.24) is 16.2 Å². The van der Waals surface area contributed by atoms with Crippen molar-refractivity contribution < 1.29 is 24.6 Å². The molecule has 1 aromatic carbocycles. The third-order valence-electron chi connectivity index (χ3n) is 4.01. The molecule has 0 spiro atoms. The van der Waals surface area contributed by atoms with Gasteiger partial charge in [-0.3, -0.25) is 9.59 Å². The molecule has 8 nitrogen and oxygen atoms in total. The summed E-state index contributed by atoms with van der Waals surface area (Å²) in [6.45, 7) is 4.94. The number of rotatable bonds is 12. The van der Waals surface area contributed by atoms with Crippen molar-refractivity contribution in [2.24, 2.45) is 5.92 Å². The lowest BCUT2D eigenvalue weighted by Crippen LogP contribution is -2.57. The normalized spacial score (nSPS) is 14.4. The van der Waals surface area contributed by atoms with Gasteiger partial charge in [0.1, 0.15) is 18.1 Å². The van der Waals surface area contributed by atoms with Crippen LogP contribution in [0.1, 0.15) is 32.8 Å². The number of hydrazine groups is 1. The number of ketones is 1. The number of amides is 1. The summed E-state index contributed by atoms with van der Waals surface area (Å²) < 4.78 is 0. The summed E-state index contributed by atoms with van der Waals surface area (Å²) in [5.74, 6) is -0.191. The number of carbonyl (C=O) groups is 3. The van der Waals surface area contributed by atoms with Gasteiger partial charge in [0.25, 0.3) is 0 Å². The van der Waals surface area contributed by atoms with Crippen molar-refractivity contribution in [3.8, 4) is 5.75 Å². The van der Waals surface area contributed by atoms with Gasteiger partial charge in [-0.2, -0.15) is 0 Å². The average Bonchev–Trinajstić information content (AvgIpc) is 2.62. The highest BCUT2D eigenvalue weighted by Crippen LogP contribution is 2.12. The predicted molar refractivity (Wildman–Crippen MR) is 101 cm³/mol. The van der Waals surface area contributed by atoms with E-state index in [-0.39, 0.29) is 23.9 Å². The van der Waals surface area contributed by atoms with Crippen LogP contribution in [0.2, 0.25) is 0 Å². The number of aliphatic hydroxyl groups is 1. The highest BCUT2D eigenvalue weighted by molar-refractivity contribution is 5.89. The largest absolute Gasteiger partial charge is 0.508 e. The zero-order valence-electron chi connectivity index (χ0n) is 15.9. The van der Waals surface area contributed by atoms with Crippen LogP contribution in [-0.2, 0) is 20.8 Å². The number of aldehydes is 1. The van der Waals surface area contributed by atoms with E-state index in [0.717, 1.165) is 5.56 Å². The molecule has 5 N–H and O–H groups in total. The first-order chi connectivity index (χ1) is 12.8. The van der Waals surface area contributed by atoms with Crippen LogP contribution in [0.5, 0.6) is 5.75 Å². The molecule has 8 heteroatoms. The fourth-order valence-corrected chi connectivity index (χ4v) is 2.48. The van der Waals surface area contributed by atoms with E-state index in [0.29, 0.717) is 12.7 Å². The molecule has 0 unspecified atom stereocenters. The first-order valence-corrected chi connectivity index (χ1v) is 8.92. The maximum atomic E-state index is 12.7.